The molecule has 3 nitrogen and oxygen atoms in total. The van der Waals surface area contributed by atoms with E-state index < -0.39 is 5.97 Å². The fourth-order valence-corrected chi connectivity index (χ4v) is 2.28. The SMILES string of the molecule is CC1OCCC1C1CC1C(=O)O. The largest absolute Gasteiger partial charge is 0.481 e. The lowest BCUT2D eigenvalue weighted by Crippen LogP contribution is -2.15. The van der Waals surface area contributed by atoms with Gasteiger partial charge in [-0.25, -0.2) is 0 Å². The van der Waals surface area contributed by atoms with Crippen LogP contribution >= 0.6 is 0 Å². The van der Waals surface area contributed by atoms with Gasteiger partial charge in [0.05, 0.1) is 12.0 Å². The van der Waals surface area contributed by atoms with E-state index in [4.69, 9.17) is 9.84 Å². The first-order valence-corrected chi connectivity index (χ1v) is 4.54. The third-order valence-electron chi connectivity index (χ3n) is 3.14. The Hall–Kier alpha value is -0.570. The normalized spacial score (nSPS) is 46.1. The van der Waals surface area contributed by atoms with Crippen molar-refractivity contribution in [3.8, 4) is 0 Å². The maximum atomic E-state index is 10.6. The molecule has 1 heterocycles. The molecule has 2 aliphatic rings. The fraction of sp³-hybridized carbons (Fsp3) is 0.889. The summed E-state index contributed by atoms with van der Waals surface area (Å²) < 4.78 is 5.40. The minimum atomic E-state index is -0.626. The predicted octanol–water partition coefficient (Wildman–Crippen LogP) is 1.13. The van der Waals surface area contributed by atoms with Crippen LogP contribution in [-0.4, -0.2) is 23.8 Å². The smallest absolute Gasteiger partial charge is 0.306 e. The first-order valence-electron chi connectivity index (χ1n) is 4.54. The van der Waals surface area contributed by atoms with E-state index in [9.17, 15) is 4.79 Å². The lowest BCUT2D eigenvalue weighted by Gasteiger charge is -2.12. The molecule has 4 unspecified atom stereocenters. The zero-order valence-corrected chi connectivity index (χ0v) is 7.19. The highest BCUT2D eigenvalue weighted by Crippen LogP contribution is 2.49. The lowest BCUT2D eigenvalue weighted by atomic mass is 9.95. The summed E-state index contributed by atoms with van der Waals surface area (Å²) in [5.74, 6) is 0.212. The van der Waals surface area contributed by atoms with Crippen molar-refractivity contribution >= 4 is 5.97 Å². The van der Waals surface area contributed by atoms with Gasteiger partial charge in [0, 0.05) is 6.61 Å². The Kier molecular flexibility index (Phi) is 1.83. The van der Waals surface area contributed by atoms with Crippen LogP contribution in [0.15, 0.2) is 0 Å². The van der Waals surface area contributed by atoms with Crippen molar-refractivity contribution in [2.24, 2.45) is 17.8 Å². The number of carboxylic acids is 1. The van der Waals surface area contributed by atoms with Gasteiger partial charge in [-0.15, -0.1) is 0 Å². The molecule has 0 radical (unpaired) electrons. The van der Waals surface area contributed by atoms with Gasteiger partial charge in [-0.1, -0.05) is 0 Å². The summed E-state index contributed by atoms with van der Waals surface area (Å²) in [6.45, 7) is 2.86. The highest BCUT2D eigenvalue weighted by atomic mass is 16.5. The zero-order valence-electron chi connectivity index (χ0n) is 7.19. The van der Waals surface area contributed by atoms with Gasteiger partial charge < -0.3 is 9.84 Å². The average Bonchev–Trinajstić information content (AvgIpc) is 2.70. The van der Waals surface area contributed by atoms with Gasteiger partial charge in [-0.3, -0.25) is 4.79 Å². The quantitative estimate of drug-likeness (QED) is 0.675. The number of hydrogen-bond donors (Lipinski definition) is 1. The van der Waals surface area contributed by atoms with E-state index in [1.807, 2.05) is 0 Å². The Bertz CT molecular complexity index is 202. The van der Waals surface area contributed by atoms with Gasteiger partial charge in [0.15, 0.2) is 0 Å². The van der Waals surface area contributed by atoms with Crippen molar-refractivity contribution in [3.63, 3.8) is 0 Å². The van der Waals surface area contributed by atoms with E-state index in [0.717, 1.165) is 19.4 Å². The van der Waals surface area contributed by atoms with Crippen molar-refractivity contribution < 1.29 is 14.6 Å². The summed E-state index contributed by atoms with van der Waals surface area (Å²) in [4.78, 5) is 10.6. The highest BCUT2D eigenvalue weighted by Gasteiger charge is 2.50. The monoisotopic (exact) mass is 170 g/mol. The molecule has 0 aromatic rings. The second-order valence-corrected chi connectivity index (χ2v) is 3.87. The second-order valence-electron chi connectivity index (χ2n) is 3.87. The molecular formula is C9H14O3. The number of carbonyl (C=O) groups is 1. The molecule has 2 rings (SSSR count). The van der Waals surface area contributed by atoms with Crippen LogP contribution in [0.4, 0.5) is 0 Å². The Morgan fingerprint density at radius 1 is 1.50 bits per heavy atom. The number of carboxylic acid groups (broad SMARTS) is 1. The van der Waals surface area contributed by atoms with Gasteiger partial charge >= 0.3 is 5.97 Å². The third-order valence-corrected chi connectivity index (χ3v) is 3.14. The molecule has 1 saturated carbocycles. The fourth-order valence-electron chi connectivity index (χ4n) is 2.28. The molecule has 1 aliphatic carbocycles. The molecule has 3 heteroatoms. The van der Waals surface area contributed by atoms with Crippen LogP contribution in [0.3, 0.4) is 0 Å². The molecule has 1 aliphatic heterocycles. The van der Waals surface area contributed by atoms with E-state index in [1.54, 1.807) is 0 Å². The summed E-state index contributed by atoms with van der Waals surface area (Å²) in [6, 6.07) is 0. The van der Waals surface area contributed by atoms with E-state index in [1.165, 1.54) is 0 Å². The summed E-state index contributed by atoms with van der Waals surface area (Å²) in [6.07, 6.45) is 2.20. The first kappa shape index (κ1) is 8.05. The van der Waals surface area contributed by atoms with Crippen molar-refractivity contribution in [1.29, 1.82) is 0 Å². The molecule has 1 N–H and O–H groups in total. The Morgan fingerprint density at radius 2 is 2.25 bits per heavy atom. The zero-order chi connectivity index (χ0) is 8.72. The molecule has 0 bridgehead atoms. The molecule has 68 valence electrons. The second kappa shape index (κ2) is 2.73. The predicted molar refractivity (Wildman–Crippen MR) is 42.8 cm³/mol. The molecule has 1 saturated heterocycles. The van der Waals surface area contributed by atoms with Gasteiger partial charge in [0.2, 0.25) is 0 Å². The van der Waals surface area contributed by atoms with Crippen LogP contribution in [0, 0.1) is 17.8 Å². The minimum absolute atomic E-state index is 0.0702. The number of hydrogen-bond acceptors (Lipinski definition) is 2. The molecule has 0 amide bonds. The van der Waals surface area contributed by atoms with Crippen LogP contribution in [0.1, 0.15) is 19.8 Å². The van der Waals surface area contributed by atoms with Crippen LogP contribution in [0.2, 0.25) is 0 Å². The summed E-state index contributed by atoms with van der Waals surface area (Å²) in [7, 11) is 0. The van der Waals surface area contributed by atoms with E-state index in [-0.39, 0.29) is 12.0 Å². The van der Waals surface area contributed by atoms with E-state index >= 15 is 0 Å². The van der Waals surface area contributed by atoms with Gasteiger partial charge in [0.1, 0.15) is 0 Å². The van der Waals surface area contributed by atoms with Gasteiger partial charge in [0.25, 0.3) is 0 Å². The maximum absolute atomic E-state index is 10.6. The Labute approximate surface area is 71.7 Å². The molecule has 0 spiro atoms. The number of ether oxygens (including phenoxy) is 1. The molecule has 0 aromatic heterocycles. The van der Waals surface area contributed by atoms with Crippen LogP contribution in [-0.2, 0) is 9.53 Å². The molecule has 4 atom stereocenters. The number of rotatable bonds is 2. The summed E-state index contributed by atoms with van der Waals surface area (Å²) in [5.41, 5.74) is 0. The molecular weight excluding hydrogens is 156 g/mol. The van der Waals surface area contributed by atoms with Crippen LogP contribution in [0.5, 0.6) is 0 Å². The minimum Gasteiger partial charge on any atom is -0.481 e. The standard InChI is InChI=1S/C9H14O3/c1-5-6(2-3-12-5)7-4-8(7)9(10)11/h5-8H,2-4H2,1H3,(H,10,11). The average molecular weight is 170 g/mol. The van der Waals surface area contributed by atoms with Gasteiger partial charge in [-0.2, -0.15) is 0 Å². The highest BCUT2D eigenvalue weighted by molar-refractivity contribution is 5.73. The van der Waals surface area contributed by atoms with Crippen molar-refractivity contribution in [2.45, 2.75) is 25.9 Å². The first-order chi connectivity index (χ1) is 5.70. The third kappa shape index (κ3) is 1.22. The van der Waals surface area contributed by atoms with Crippen molar-refractivity contribution in [1.82, 2.24) is 0 Å². The molecule has 0 aromatic carbocycles. The van der Waals surface area contributed by atoms with Crippen LogP contribution in [0.25, 0.3) is 0 Å². The summed E-state index contributed by atoms with van der Waals surface area (Å²) >= 11 is 0. The lowest BCUT2D eigenvalue weighted by molar-refractivity contribution is -0.139. The van der Waals surface area contributed by atoms with E-state index in [0.29, 0.717) is 11.8 Å². The topological polar surface area (TPSA) is 46.5 Å². The maximum Gasteiger partial charge on any atom is 0.306 e. The van der Waals surface area contributed by atoms with E-state index in [2.05, 4.69) is 6.92 Å². The van der Waals surface area contributed by atoms with Crippen molar-refractivity contribution in [2.75, 3.05) is 6.61 Å². The number of aliphatic carboxylic acids is 1. The van der Waals surface area contributed by atoms with Gasteiger partial charge in [-0.05, 0) is 31.6 Å². The Balaban J connectivity index is 1.91. The van der Waals surface area contributed by atoms with Crippen LogP contribution < -0.4 is 0 Å². The molecule has 2 fully saturated rings. The Morgan fingerprint density at radius 3 is 2.67 bits per heavy atom. The molecule has 12 heavy (non-hydrogen) atoms. The van der Waals surface area contributed by atoms with Crippen molar-refractivity contribution in [3.05, 3.63) is 0 Å². The summed E-state index contributed by atoms with van der Waals surface area (Å²) in [5, 5.41) is 8.73.